The molecule has 0 aliphatic carbocycles. The standard InChI is InChI=1S/C16H20F2N2O3.ClH/c1-22-13-5-10-3-4-20(8-11(10)6-14(13)23-2)15(21)12-7-16(17,18)9-19-12;/h5-6,12,19H,3-4,7-9H2,1-2H3;1H. The highest BCUT2D eigenvalue weighted by Gasteiger charge is 2.43. The number of alkyl halides is 2. The zero-order valence-electron chi connectivity index (χ0n) is 13.6. The van der Waals surface area contributed by atoms with Gasteiger partial charge >= 0.3 is 0 Å². The Bertz CT molecular complexity index is 628. The second kappa shape index (κ2) is 7.11. The van der Waals surface area contributed by atoms with E-state index in [0.29, 0.717) is 31.0 Å². The van der Waals surface area contributed by atoms with Gasteiger partial charge in [-0.15, -0.1) is 12.4 Å². The number of amides is 1. The SMILES string of the molecule is COc1cc2c(cc1OC)CN(C(=O)C1CC(F)(F)CN1)CC2.Cl. The first-order chi connectivity index (χ1) is 10.9. The summed E-state index contributed by atoms with van der Waals surface area (Å²) in [5.41, 5.74) is 2.06. The molecule has 1 N–H and O–H groups in total. The van der Waals surface area contributed by atoms with Crippen molar-refractivity contribution in [3.63, 3.8) is 0 Å². The minimum Gasteiger partial charge on any atom is -0.493 e. The molecule has 0 aromatic heterocycles. The molecule has 24 heavy (non-hydrogen) atoms. The van der Waals surface area contributed by atoms with Crippen LogP contribution < -0.4 is 14.8 Å². The van der Waals surface area contributed by atoms with Crippen LogP contribution in [0.3, 0.4) is 0 Å². The van der Waals surface area contributed by atoms with Gasteiger partial charge in [-0.3, -0.25) is 10.1 Å². The molecule has 0 radical (unpaired) electrons. The van der Waals surface area contributed by atoms with Gasteiger partial charge in [-0.1, -0.05) is 0 Å². The van der Waals surface area contributed by atoms with E-state index in [4.69, 9.17) is 9.47 Å². The molecular formula is C16H21ClF2N2O3. The summed E-state index contributed by atoms with van der Waals surface area (Å²) in [4.78, 5) is 14.1. The Hall–Kier alpha value is -1.60. The van der Waals surface area contributed by atoms with Crippen molar-refractivity contribution in [2.24, 2.45) is 0 Å². The number of ether oxygens (including phenoxy) is 2. The van der Waals surface area contributed by atoms with E-state index in [2.05, 4.69) is 5.32 Å². The number of nitrogens with one attached hydrogen (secondary N) is 1. The van der Waals surface area contributed by atoms with Gasteiger partial charge in [0.2, 0.25) is 5.91 Å². The molecule has 1 fully saturated rings. The van der Waals surface area contributed by atoms with E-state index >= 15 is 0 Å². The highest BCUT2D eigenvalue weighted by Crippen LogP contribution is 2.34. The lowest BCUT2D eigenvalue weighted by molar-refractivity contribution is -0.134. The number of carbonyl (C=O) groups excluding carboxylic acids is 1. The minimum atomic E-state index is -2.80. The average molecular weight is 363 g/mol. The van der Waals surface area contributed by atoms with E-state index in [1.165, 1.54) is 0 Å². The van der Waals surface area contributed by atoms with Crippen LogP contribution in [0.4, 0.5) is 8.78 Å². The molecule has 1 amide bonds. The Morgan fingerprint density at radius 1 is 1.25 bits per heavy atom. The average Bonchev–Trinajstić information content (AvgIpc) is 2.92. The topological polar surface area (TPSA) is 50.8 Å². The third-order valence-corrected chi connectivity index (χ3v) is 4.44. The number of hydrogen-bond acceptors (Lipinski definition) is 4. The Labute approximate surface area is 145 Å². The number of hydrogen-bond donors (Lipinski definition) is 1. The van der Waals surface area contributed by atoms with E-state index in [0.717, 1.165) is 11.1 Å². The molecule has 1 saturated heterocycles. The number of fused-ring (bicyclic) bond motifs is 1. The summed E-state index contributed by atoms with van der Waals surface area (Å²) < 4.78 is 37.1. The highest BCUT2D eigenvalue weighted by atomic mass is 35.5. The molecule has 134 valence electrons. The minimum absolute atomic E-state index is 0. The first-order valence-electron chi connectivity index (χ1n) is 7.57. The van der Waals surface area contributed by atoms with Crippen LogP contribution >= 0.6 is 12.4 Å². The fourth-order valence-corrected chi connectivity index (χ4v) is 3.18. The van der Waals surface area contributed by atoms with E-state index in [1.807, 2.05) is 12.1 Å². The van der Waals surface area contributed by atoms with Crippen LogP contribution in [-0.2, 0) is 17.8 Å². The van der Waals surface area contributed by atoms with Crippen molar-refractivity contribution in [3.8, 4) is 11.5 Å². The van der Waals surface area contributed by atoms with Crippen LogP contribution in [-0.4, -0.2) is 50.1 Å². The number of halogens is 3. The van der Waals surface area contributed by atoms with Gasteiger partial charge in [0.25, 0.3) is 5.92 Å². The van der Waals surface area contributed by atoms with E-state index < -0.39 is 24.9 Å². The smallest absolute Gasteiger partial charge is 0.262 e. The molecule has 1 aromatic carbocycles. The first-order valence-corrected chi connectivity index (χ1v) is 7.57. The van der Waals surface area contributed by atoms with Crippen LogP contribution in [0.25, 0.3) is 0 Å². The van der Waals surface area contributed by atoms with E-state index in [9.17, 15) is 13.6 Å². The Morgan fingerprint density at radius 3 is 2.42 bits per heavy atom. The van der Waals surface area contributed by atoms with Crippen molar-refractivity contribution in [1.82, 2.24) is 10.2 Å². The number of carbonyl (C=O) groups is 1. The van der Waals surface area contributed by atoms with Crippen LogP contribution in [0, 0.1) is 0 Å². The third-order valence-electron chi connectivity index (χ3n) is 4.44. The lowest BCUT2D eigenvalue weighted by Crippen LogP contribution is -2.45. The summed E-state index contributed by atoms with van der Waals surface area (Å²) in [6.07, 6.45) is 0.242. The van der Waals surface area contributed by atoms with Gasteiger partial charge < -0.3 is 14.4 Å². The van der Waals surface area contributed by atoms with Gasteiger partial charge in [0.05, 0.1) is 26.8 Å². The number of benzene rings is 1. The summed E-state index contributed by atoms with van der Waals surface area (Å²) in [5.74, 6) is -1.80. The predicted octanol–water partition coefficient (Wildman–Crippen LogP) is 2.01. The lowest BCUT2D eigenvalue weighted by Gasteiger charge is -2.31. The quantitative estimate of drug-likeness (QED) is 0.893. The molecule has 0 bridgehead atoms. The van der Waals surface area contributed by atoms with Crippen molar-refractivity contribution >= 4 is 18.3 Å². The molecule has 8 heteroatoms. The summed E-state index contributed by atoms with van der Waals surface area (Å²) in [5, 5.41) is 2.62. The maximum atomic E-state index is 13.3. The van der Waals surface area contributed by atoms with Crippen LogP contribution in [0.5, 0.6) is 11.5 Å². The van der Waals surface area contributed by atoms with Gasteiger partial charge in [-0.2, -0.15) is 0 Å². The van der Waals surface area contributed by atoms with Gasteiger partial charge in [0, 0.05) is 19.5 Å². The first kappa shape index (κ1) is 18.7. The summed E-state index contributed by atoms with van der Waals surface area (Å²) in [7, 11) is 3.13. The Kier molecular flexibility index (Phi) is 5.55. The van der Waals surface area contributed by atoms with Crippen LogP contribution in [0.1, 0.15) is 17.5 Å². The molecule has 3 rings (SSSR count). The van der Waals surface area contributed by atoms with Crippen molar-refractivity contribution in [3.05, 3.63) is 23.3 Å². The zero-order chi connectivity index (χ0) is 16.6. The van der Waals surface area contributed by atoms with Gasteiger partial charge in [0.15, 0.2) is 11.5 Å². The number of methoxy groups -OCH3 is 2. The molecule has 2 heterocycles. The molecular weight excluding hydrogens is 342 g/mol. The molecule has 1 aromatic rings. The maximum Gasteiger partial charge on any atom is 0.262 e. The normalized spacial score (nSPS) is 21.7. The van der Waals surface area contributed by atoms with Gasteiger partial charge in [-0.25, -0.2) is 8.78 Å². The molecule has 0 saturated carbocycles. The molecule has 2 aliphatic heterocycles. The van der Waals surface area contributed by atoms with Crippen molar-refractivity contribution < 1.29 is 23.0 Å². The predicted molar refractivity (Wildman–Crippen MR) is 87.3 cm³/mol. The van der Waals surface area contributed by atoms with Crippen LogP contribution in [0.15, 0.2) is 12.1 Å². The second-order valence-corrected chi connectivity index (χ2v) is 5.98. The summed E-state index contributed by atoms with van der Waals surface area (Å²) in [6.45, 7) is 0.488. The fraction of sp³-hybridized carbons (Fsp3) is 0.562. The lowest BCUT2D eigenvalue weighted by atomic mass is 9.98. The molecule has 1 unspecified atom stereocenters. The monoisotopic (exact) mass is 362 g/mol. The van der Waals surface area contributed by atoms with Crippen LogP contribution in [0.2, 0.25) is 0 Å². The largest absolute Gasteiger partial charge is 0.493 e. The highest BCUT2D eigenvalue weighted by molar-refractivity contribution is 5.85. The molecule has 0 spiro atoms. The third kappa shape index (κ3) is 3.57. The number of nitrogens with zero attached hydrogens (tertiary/aromatic N) is 1. The summed E-state index contributed by atoms with van der Waals surface area (Å²) in [6, 6.07) is 2.97. The van der Waals surface area contributed by atoms with Crippen molar-refractivity contribution in [2.75, 3.05) is 27.3 Å². The zero-order valence-corrected chi connectivity index (χ0v) is 14.4. The van der Waals surface area contributed by atoms with E-state index in [-0.39, 0.29) is 18.3 Å². The molecule has 1 atom stereocenters. The second-order valence-electron chi connectivity index (χ2n) is 5.98. The Morgan fingerprint density at radius 2 is 1.88 bits per heavy atom. The van der Waals surface area contributed by atoms with Gasteiger partial charge in [0.1, 0.15) is 0 Å². The maximum absolute atomic E-state index is 13.3. The van der Waals surface area contributed by atoms with Crippen molar-refractivity contribution in [1.29, 1.82) is 0 Å². The summed E-state index contributed by atoms with van der Waals surface area (Å²) >= 11 is 0. The number of rotatable bonds is 3. The molecule has 2 aliphatic rings. The van der Waals surface area contributed by atoms with Gasteiger partial charge in [-0.05, 0) is 29.7 Å². The van der Waals surface area contributed by atoms with Crippen molar-refractivity contribution in [2.45, 2.75) is 31.4 Å². The van der Waals surface area contributed by atoms with E-state index in [1.54, 1.807) is 19.1 Å². The fourth-order valence-electron chi connectivity index (χ4n) is 3.18. The molecule has 5 nitrogen and oxygen atoms in total. The Balaban J connectivity index is 0.00000208.